The molecule has 0 bridgehead atoms. The maximum atomic E-state index is 12.6. The van der Waals surface area contributed by atoms with Crippen LogP contribution in [0, 0.1) is 0 Å². The number of hydrogen-bond acceptors (Lipinski definition) is 4. The molecule has 1 aromatic rings. The quantitative estimate of drug-likeness (QED) is 0.898. The normalized spacial score (nSPS) is 16.7. The van der Waals surface area contributed by atoms with Crippen molar-refractivity contribution < 1.29 is 26.4 Å². The fourth-order valence-electron chi connectivity index (χ4n) is 1.90. The summed E-state index contributed by atoms with van der Waals surface area (Å²) in [5.41, 5.74) is -1.17. The Bertz CT molecular complexity index is 713. The number of rotatable bonds is 4. The van der Waals surface area contributed by atoms with Gasteiger partial charge in [-0.2, -0.15) is 13.2 Å². The van der Waals surface area contributed by atoms with Gasteiger partial charge in [0.2, 0.25) is 15.9 Å². The Morgan fingerprint density at radius 2 is 1.87 bits per heavy atom. The molecule has 1 fully saturated rings. The predicted octanol–water partition coefficient (Wildman–Crippen LogP) is 1.85. The first-order chi connectivity index (χ1) is 10.5. The molecule has 0 aliphatic carbocycles. The van der Waals surface area contributed by atoms with Gasteiger partial charge in [-0.1, -0.05) is 6.07 Å². The Morgan fingerprint density at radius 1 is 1.26 bits per heavy atom. The van der Waals surface area contributed by atoms with Crippen LogP contribution in [-0.4, -0.2) is 41.5 Å². The number of nitrogens with one attached hydrogen (secondary N) is 1. The summed E-state index contributed by atoms with van der Waals surface area (Å²) in [5.74, 6) is -1.28. The van der Waals surface area contributed by atoms with Gasteiger partial charge in [-0.05, 0) is 32.4 Å². The average Bonchev–Trinajstić information content (AvgIpc) is 2.35. The molecule has 6 nitrogen and oxygen atoms in total. The first kappa shape index (κ1) is 17.7. The second-order valence-electron chi connectivity index (χ2n) is 5.63. The molecule has 0 spiro atoms. The van der Waals surface area contributed by atoms with Crippen LogP contribution in [0.1, 0.15) is 26.0 Å². The monoisotopic (exact) mass is 351 g/mol. The smallest absolute Gasteiger partial charge is 0.309 e. The fraction of sp³-hybridized carbons (Fsp3) is 0.538. The minimum atomic E-state index is -4.65. The lowest BCUT2D eigenvalue weighted by molar-refractivity contribution is -0.141. The molecular weight excluding hydrogens is 335 g/mol. The minimum absolute atomic E-state index is 0.334. The van der Waals surface area contributed by atoms with E-state index < -0.39 is 32.5 Å². The van der Waals surface area contributed by atoms with Gasteiger partial charge in [0, 0.05) is 13.1 Å². The van der Waals surface area contributed by atoms with Gasteiger partial charge in [0.1, 0.15) is 11.5 Å². The van der Waals surface area contributed by atoms with Gasteiger partial charge < -0.3 is 5.32 Å². The molecule has 2 rings (SSSR count). The summed E-state index contributed by atoms with van der Waals surface area (Å²) in [4.78, 5) is 15.5. The zero-order valence-electron chi connectivity index (χ0n) is 12.5. The zero-order chi connectivity index (χ0) is 17.5. The van der Waals surface area contributed by atoms with E-state index in [1.54, 1.807) is 0 Å². The average molecular weight is 351 g/mol. The third-order valence-corrected chi connectivity index (χ3v) is 6.15. The number of amides is 1. The summed E-state index contributed by atoms with van der Waals surface area (Å²) in [5, 5.41) is 2.15. The van der Waals surface area contributed by atoms with Gasteiger partial charge in [-0.15, -0.1) is 0 Å². The van der Waals surface area contributed by atoms with E-state index in [0.717, 1.165) is 12.1 Å². The van der Waals surface area contributed by atoms with Crippen molar-refractivity contribution in [1.82, 2.24) is 9.29 Å². The van der Waals surface area contributed by atoms with Crippen LogP contribution in [0.15, 0.2) is 18.2 Å². The van der Waals surface area contributed by atoms with Crippen molar-refractivity contribution in [3.05, 3.63) is 23.9 Å². The topological polar surface area (TPSA) is 79.4 Å². The van der Waals surface area contributed by atoms with E-state index in [0.29, 0.717) is 19.5 Å². The Labute approximate surface area is 131 Å². The first-order valence-corrected chi connectivity index (χ1v) is 8.25. The van der Waals surface area contributed by atoms with Crippen LogP contribution >= 0.6 is 0 Å². The second-order valence-corrected chi connectivity index (χ2v) is 8.12. The molecule has 10 heteroatoms. The second kappa shape index (κ2) is 5.75. The molecule has 1 aliphatic rings. The number of carbonyl (C=O) groups is 1. The summed E-state index contributed by atoms with van der Waals surface area (Å²) in [6.07, 6.45) is -3.94. The number of hydrogen-bond donors (Lipinski definition) is 1. The van der Waals surface area contributed by atoms with E-state index in [4.69, 9.17) is 0 Å². The van der Waals surface area contributed by atoms with Gasteiger partial charge in [-0.3, -0.25) is 4.79 Å². The Morgan fingerprint density at radius 3 is 2.35 bits per heavy atom. The third kappa shape index (κ3) is 3.32. The van der Waals surface area contributed by atoms with Crippen molar-refractivity contribution in [2.24, 2.45) is 0 Å². The van der Waals surface area contributed by atoms with E-state index in [1.807, 2.05) is 0 Å². The van der Waals surface area contributed by atoms with Crippen molar-refractivity contribution in [2.75, 3.05) is 18.4 Å². The number of anilines is 1. The zero-order valence-corrected chi connectivity index (χ0v) is 13.3. The lowest BCUT2D eigenvalue weighted by atomic mass is 10.2. The highest BCUT2D eigenvalue weighted by Crippen LogP contribution is 2.29. The summed E-state index contributed by atoms with van der Waals surface area (Å²) < 4.78 is 61.9. The van der Waals surface area contributed by atoms with Crippen molar-refractivity contribution in [3.8, 4) is 0 Å². The lowest BCUT2D eigenvalue weighted by Gasteiger charge is -2.36. The Balaban J connectivity index is 2.21. The maximum Gasteiger partial charge on any atom is 0.433 e. The Kier molecular flexibility index (Phi) is 4.42. The standard InChI is InChI=1S/C13H16F3N3O3S/c1-12(2,23(21,22)19-7-4-8-19)11(20)18-10-6-3-5-9(17-10)13(14,15)16/h3,5-6H,4,7-8H2,1-2H3,(H,17,18,20). The van der Waals surface area contributed by atoms with E-state index in [9.17, 15) is 26.4 Å². The molecule has 1 N–H and O–H groups in total. The number of alkyl halides is 3. The number of nitrogens with zero attached hydrogens (tertiary/aromatic N) is 2. The molecule has 23 heavy (non-hydrogen) atoms. The predicted molar refractivity (Wildman–Crippen MR) is 77.1 cm³/mol. The largest absolute Gasteiger partial charge is 0.433 e. The molecule has 0 radical (unpaired) electrons. The molecule has 2 heterocycles. The molecule has 0 saturated carbocycles. The molecule has 1 saturated heterocycles. The van der Waals surface area contributed by atoms with Gasteiger partial charge in [0.15, 0.2) is 4.75 Å². The van der Waals surface area contributed by atoms with Crippen LogP contribution < -0.4 is 5.32 Å². The van der Waals surface area contributed by atoms with Gasteiger partial charge in [0.05, 0.1) is 0 Å². The minimum Gasteiger partial charge on any atom is -0.309 e. The van der Waals surface area contributed by atoms with Crippen molar-refractivity contribution in [2.45, 2.75) is 31.2 Å². The van der Waals surface area contributed by atoms with E-state index in [-0.39, 0.29) is 5.82 Å². The molecule has 128 valence electrons. The fourth-order valence-corrected chi connectivity index (χ4v) is 3.57. The van der Waals surface area contributed by atoms with Crippen LogP contribution in [0.2, 0.25) is 0 Å². The third-order valence-electron chi connectivity index (χ3n) is 3.63. The van der Waals surface area contributed by atoms with Crippen LogP contribution in [0.3, 0.4) is 0 Å². The van der Waals surface area contributed by atoms with Crippen LogP contribution in [0.25, 0.3) is 0 Å². The molecular formula is C13H16F3N3O3S. The number of carbonyl (C=O) groups excluding carboxylic acids is 1. The first-order valence-electron chi connectivity index (χ1n) is 6.81. The Hall–Kier alpha value is -1.68. The lowest BCUT2D eigenvalue weighted by Crippen LogP contribution is -2.55. The van der Waals surface area contributed by atoms with Crippen LogP contribution in [0.4, 0.5) is 19.0 Å². The molecule has 0 atom stereocenters. The highest BCUT2D eigenvalue weighted by atomic mass is 32.2. The van der Waals surface area contributed by atoms with Crippen LogP contribution in [-0.2, 0) is 21.0 Å². The molecule has 1 aliphatic heterocycles. The van der Waals surface area contributed by atoms with E-state index in [2.05, 4.69) is 10.3 Å². The summed E-state index contributed by atoms with van der Waals surface area (Å²) in [7, 11) is -3.89. The number of aromatic nitrogens is 1. The maximum absolute atomic E-state index is 12.6. The highest BCUT2D eigenvalue weighted by Gasteiger charge is 2.47. The SMILES string of the molecule is CC(C)(C(=O)Nc1cccc(C(F)(F)F)n1)S(=O)(=O)N1CCC1. The molecule has 1 aromatic heterocycles. The summed E-state index contributed by atoms with van der Waals surface area (Å²) in [6, 6.07) is 3.01. The number of halogens is 3. The molecule has 0 aromatic carbocycles. The number of sulfonamides is 1. The van der Waals surface area contributed by atoms with Gasteiger partial charge >= 0.3 is 6.18 Å². The molecule has 0 unspecified atom stereocenters. The van der Waals surface area contributed by atoms with Crippen LogP contribution in [0.5, 0.6) is 0 Å². The van der Waals surface area contributed by atoms with Gasteiger partial charge in [0.25, 0.3) is 0 Å². The molecule has 1 amide bonds. The van der Waals surface area contributed by atoms with E-state index >= 15 is 0 Å². The summed E-state index contributed by atoms with van der Waals surface area (Å²) >= 11 is 0. The highest BCUT2D eigenvalue weighted by molar-refractivity contribution is 7.91. The number of pyridine rings is 1. The van der Waals surface area contributed by atoms with Crippen molar-refractivity contribution in [3.63, 3.8) is 0 Å². The summed E-state index contributed by atoms with van der Waals surface area (Å²) in [6.45, 7) is 3.09. The van der Waals surface area contributed by atoms with E-state index in [1.165, 1.54) is 24.2 Å². The van der Waals surface area contributed by atoms with Crippen molar-refractivity contribution >= 4 is 21.7 Å². The van der Waals surface area contributed by atoms with Gasteiger partial charge in [-0.25, -0.2) is 17.7 Å². The van der Waals surface area contributed by atoms with Crippen molar-refractivity contribution in [1.29, 1.82) is 0 Å².